The molecule has 1 rings (SSSR count). The van der Waals surface area contributed by atoms with Crippen molar-refractivity contribution >= 4 is 29.1 Å². The Kier molecular flexibility index (Phi) is 4.24. The predicted octanol–water partition coefficient (Wildman–Crippen LogP) is 2.88. The highest BCUT2D eigenvalue weighted by Gasteiger charge is 2.23. The van der Waals surface area contributed by atoms with Gasteiger partial charge >= 0.3 is 6.09 Å². The van der Waals surface area contributed by atoms with Crippen molar-refractivity contribution in [3.63, 3.8) is 0 Å². The van der Waals surface area contributed by atoms with Crippen LogP contribution in [0.25, 0.3) is 0 Å². The van der Waals surface area contributed by atoms with Crippen molar-refractivity contribution in [2.45, 2.75) is 32.8 Å². The molecular weight excluding hydrogens is 309 g/mol. The van der Waals surface area contributed by atoms with Crippen LogP contribution in [-0.4, -0.2) is 29.7 Å². The summed E-state index contributed by atoms with van der Waals surface area (Å²) in [6, 6.07) is 0. The van der Waals surface area contributed by atoms with Crippen molar-refractivity contribution in [3.8, 4) is 0 Å². The number of carbonyl (C=O) groups is 1. The maximum absolute atomic E-state index is 11.6. The summed E-state index contributed by atoms with van der Waals surface area (Å²) < 4.78 is 10.3. The highest BCUT2D eigenvalue weighted by molar-refractivity contribution is 14.1. The number of carbonyl (C=O) groups excluding carboxylic acids is 1. The summed E-state index contributed by atoms with van der Waals surface area (Å²) in [5.41, 5.74) is -0.430. The number of rotatable bonds is 1. The highest BCUT2D eigenvalue weighted by atomic mass is 127. The molecule has 0 saturated carbocycles. The van der Waals surface area contributed by atoms with Gasteiger partial charge in [0.15, 0.2) is 23.0 Å². The van der Waals surface area contributed by atoms with Crippen LogP contribution in [0.5, 0.6) is 0 Å². The van der Waals surface area contributed by atoms with E-state index in [-0.39, 0.29) is 6.09 Å². The van der Waals surface area contributed by atoms with Gasteiger partial charge < -0.3 is 12.7 Å². The van der Waals surface area contributed by atoms with E-state index in [9.17, 15) is 4.79 Å². The van der Waals surface area contributed by atoms with Gasteiger partial charge in [0.1, 0.15) is 11.4 Å². The van der Waals surface area contributed by atoms with E-state index in [1.54, 1.807) is 4.90 Å². The third-order valence-corrected chi connectivity index (χ3v) is 2.48. The molecule has 0 fully saturated rings. The smallest absolute Gasteiger partial charge is 0.410 e. The predicted molar refractivity (Wildman–Crippen MR) is 65.6 cm³/mol. The lowest BCUT2D eigenvalue weighted by Crippen LogP contribution is -2.39. The first kappa shape index (κ1) is 12.6. The minimum atomic E-state index is -0.430. The second-order valence-corrected chi connectivity index (χ2v) is 4.86. The highest BCUT2D eigenvalue weighted by Crippen LogP contribution is 2.17. The fourth-order valence-corrected chi connectivity index (χ4v) is 1.61. The van der Waals surface area contributed by atoms with Gasteiger partial charge in [-0.05, 0) is 26.8 Å². The Morgan fingerprint density at radius 1 is 1.53 bits per heavy atom. The van der Waals surface area contributed by atoms with E-state index in [4.69, 9.17) is 7.80 Å². The molecule has 0 aromatic carbocycles. The summed E-state index contributed by atoms with van der Waals surface area (Å²) in [5, 5.41) is 0. The number of ether oxygens (including phenoxy) is 1. The monoisotopic (exact) mass is 325 g/mol. The van der Waals surface area contributed by atoms with Gasteiger partial charge in [0.25, 0.3) is 0 Å². The second-order valence-electron chi connectivity index (χ2n) is 4.42. The van der Waals surface area contributed by atoms with Crippen LogP contribution < -0.4 is 0 Å². The van der Waals surface area contributed by atoms with Crippen LogP contribution in [0.1, 0.15) is 27.2 Å². The summed E-state index contributed by atoms with van der Waals surface area (Å²) in [4.78, 5) is 13.3. The molecule has 1 aliphatic heterocycles. The first-order chi connectivity index (χ1) is 6.92. The van der Waals surface area contributed by atoms with Crippen LogP contribution in [0.4, 0.5) is 4.79 Å². The summed E-state index contributed by atoms with van der Waals surface area (Å²) in [7, 11) is 0. The van der Waals surface area contributed by atoms with Crippen LogP contribution in [0, 0.1) is 0 Å². The molecule has 0 unspecified atom stereocenters. The van der Waals surface area contributed by atoms with E-state index in [1.807, 2.05) is 49.9 Å². The lowest BCUT2D eigenvalue weighted by Gasteiger charge is -2.28. The molecule has 0 N–H and O–H groups in total. The molecule has 15 heavy (non-hydrogen) atoms. The molecular formula is C10H16INO3. The molecule has 1 heterocycles. The molecule has 0 aromatic heterocycles. The molecule has 0 aliphatic carbocycles. The van der Waals surface area contributed by atoms with Crippen molar-refractivity contribution in [3.05, 3.63) is 11.8 Å². The molecule has 86 valence electrons. The maximum Gasteiger partial charge on any atom is 0.410 e. The van der Waals surface area contributed by atoms with Crippen LogP contribution in [-0.2, 0) is 7.80 Å². The average molecular weight is 325 g/mol. The van der Waals surface area contributed by atoms with E-state index in [0.717, 1.165) is 12.2 Å². The Bertz CT molecular complexity index is 270. The van der Waals surface area contributed by atoms with E-state index in [2.05, 4.69) is 0 Å². The zero-order valence-corrected chi connectivity index (χ0v) is 11.4. The molecule has 0 atom stereocenters. The fraction of sp³-hybridized carbons (Fsp3) is 0.700. The van der Waals surface area contributed by atoms with Gasteiger partial charge in [0.2, 0.25) is 0 Å². The molecule has 0 radical (unpaired) electrons. The van der Waals surface area contributed by atoms with Gasteiger partial charge in [0, 0.05) is 19.5 Å². The fourth-order valence-electron chi connectivity index (χ4n) is 1.21. The number of nitrogens with zero attached hydrogens (tertiary/aromatic N) is 1. The maximum atomic E-state index is 11.6. The van der Waals surface area contributed by atoms with E-state index < -0.39 is 5.60 Å². The average Bonchev–Trinajstić information content (AvgIpc) is 2.15. The minimum absolute atomic E-state index is 0.258. The lowest BCUT2D eigenvalue weighted by molar-refractivity contribution is 0.0261. The largest absolute Gasteiger partial charge is 0.444 e. The van der Waals surface area contributed by atoms with Crippen LogP contribution in [0.2, 0.25) is 0 Å². The number of amides is 1. The van der Waals surface area contributed by atoms with E-state index >= 15 is 0 Å². The van der Waals surface area contributed by atoms with Crippen molar-refractivity contribution in [2.24, 2.45) is 0 Å². The molecule has 5 heteroatoms. The summed E-state index contributed by atoms with van der Waals surface area (Å²) in [6.45, 7) is 6.81. The van der Waals surface area contributed by atoms with Gasteiger partial charge in [-0.1, -0.05) is 0 Å². The molecule has 0 saturated heterocycles. The Labute approximate surface area is 104 Å². The van der Waals surface area contributed by atoms with Gasteiger partial charge in [-0.25, -0.2) is 4.79 Å². The molecule has 0 spiro atoms. The summed E-state index contributed by atoms with van der Waals surface area (Å²) in [6.07, 6.45) is 2.40. The Morgan fingerprint density at radius 2 is 2.20 bits per heavy atom. The SMILES string of the molecule is CC(C)(C)OC(=O)N1CC=C(OI)CC1. The standard InChI is InChI=1S/C10H16INO3/c1-10(2,3)14-9(13)12-6-4-8(15-11)5-7-12/h4H,5-7H2,1-3H3. The van der Waals surface area contributed by atoms with Gasteiger partial charge in [-0.2, -0.15) is 0 Å². The second kappa shape index (κ2) is 5.05. The Morgan fingerprint density at radius 3 is 2.60 bits per heavy atom. The topological polar surface area (TPSA) is 38.8 Å². The zero-order chi connectivity index (χ0) is 11.5. The lowest BCUT2D eigenvalue weighted by atomic mass is 10.2. The van der Waals surface area contributed by atoms with Crippen LogP contribution in [0.3, 0.4) is 0 Å². The zero-order valence-electron chi connectivity index (χ0n) is 9.25. The first-order valence-electron chi connectivity index (χ1n) is 4.88. The van der Waals surface area contributed by atoms with Crippen molar-refractivity contribution in [2.75, 3.05) is 13.1 Å². The summed E-state index contributed by atoms with van der Waals surface area (Å²) >= 11 is 1.85. The number of halogens is 1. The van der Waals surface area contributed by atoms with Crippen LogP contribution >= 0.6 is 23.0 Å². The van der Waals surface area contributed by atoms with Gasteiger partial charge in [-0.15, -0.1) is 0 Å². The molecule has 4 nitrogen and oxygen atoms in total. The van der Waals surface area contributed by atoms with Crippen LogP contribution in [0.15, 0.2) is 11.8 Å². The van der Waals surface area contributed by atoms with Gasteiger partial charge in [0.05, 0.1) is 0 Å². The van der Waals surface area contributed by atoms with Crippen molar-refractivity contribution in [1.82, 2.24) is 4.90 Å². The third kappa shape index (κ3) is 4.27. The van der Waals surface area contributed by atoms with E-state index in [1.165, 1.54) is 0 Å². The quantitative estimate of drug-likeness (QED) is 0.696. The Balaban J connectivity index is 2.47. The molecule has 0 bridgehead atoms. The van der Waals surface area contributed by atoms with Crippen molar-refractivity contribution < 1.29 is 12.6 Å². The molecule has 0 aromatic rings. The van der Waals surface area contributed by atoms with E-state index in [0.29, 0.717) is 13.1 Å². The molecule has 1 amide bonds. The Hall–Kier alpha value is -0.460. The normalized spacial score (nSPS) is 17.1. The summed E-state index contributed by atoms with van der Waals surface area (Å²) in [5.74, 6) is 0.926. The van der Waals surface area contributed by atoms with Gasteiger partial charge in [-0.3, -0.25) is 0 Å². The number of hydrogen-bond donors (Lipinski definition) is 0. The first-order valence-corrected chi connectivity index (χ1v) is 5.76. The number of hydrogen-bond acceptors (Lipinski definition) is 3. The third-order valence-electron chi connectivity index (χ3n) is 1.92. The minimum Gasteiger partial charge on any atom is -0.444 e. The molecule has 1 aliphatic rings. The van der Waals surface area contributed by atoms with Crippen molar-refractivity contribution in [1.29, 1.82) is 0 Å².